The Hall–Kier alpha value is -2.37. The summed E-state index contributed by atoms with van der Waals surface area (Å²) in [6, 6.07) is 15.2. The van der Waals surface area contributed by atoms with E-state index >= 15 is 0 Å². The fourth-order valence-electron chi connectivity index (χ4n) is 4.19. The summed E-state index contributed by atoms with van der Waals surface area (Å²) in [6.45, 7) is 2.10. The normalized spacial score (nSPS) is 22.1. The highest BCUT2D eigenvalue weighted by Crippen LogP contribution is 2.41. The summed E-state index contributed by atoms with van der Waals surface area (Å²) in [6.07, 6.45) is 0.659. The van der Waals surface area contributed by atoms with Crippen molar-refractivity contribution >= 4 is 51.4 Å². The molecule has 3 aromatic rings. The van der Waals surface area contributed by atoms with E-state index in [4.69, 9.17) is 23.8 Å². The number of aromatic nitrogens is 1. The largest absolute Gasteiger partial charge is 0.356 e. The molecular weight excluding hydrogens is 366 g/mol. The van der Waals surface area contributed by atoms with Gasteiger partial charge in [0.05, 0.1) is 11.7 Å². The molecule has 2 aliphatic heterocycles. The van der Waals surface area contributed by atoms with Gasteiger partial charge in [0.1, 0.15) is 6.04 Å². The van der Waals surface area contributed by atoms with Gasteiger partial charge in [-0.3, -0.25) is 9.69 Å². The topological polar surface area (TPSA) is 39.3 Å². The summed E-state index contributed by atoms with van der Waals surface area (Å²) < 4.78 is 0. The molecule has 3 heterocycles. The van der Waals surface area contributed by atoms with Crippen LogP contribution in [-0.4, -0.2) is 26.9 Å². The first-order valence-electron chi connectivity index (χ1n) is 8.57. The number of thiocarbonyl (C=S) groups is 1. The third kappa shape index (κ3) is 2.07. The molecule has 0 saturated carbocycles. The van der Waals surface area contributed by atoms with Gasteiger partial charge < -0.3 is 9.88 Å². The van der Waals surface area contributed by atoms with Crippen molar-refractivity contribution in [3.05, 3.63) is 64.8 Å². The molecule has 1 amide bonds. The van der Waals surface area contributed by atoms with E-state index in [-0.39, 0.29) is 18.0 Å². The molecule has 2 aromatic carbocycles. The Kier molecular flexibility index (Phi) is 3.39. The van der Waals surface area contributed by atoms with E-state index in [1.807, 2.05) is 24.3 Å². The van der Waals surface area contributed by atoms with Crippen LogP contribution < -0.4 is 4.90 Å². The lowest BCUT2D eigenvalue weighted by Crippen LogP contribution is -2.42. The van der Waals surface area contributed by atoms with Crippen LogP contribution in [0.3, 0.4) is 0 Å². The van der Waals surface area contributed by atoms with Gasteiger partial charge in [-0.25, -0.2) is 0 Å². The molecule has 5 rings (SSSR count). The first-order chi connectivity index (χ1) is 12.6. The van der Waals surface area contributed by atoms with Crippen molar-refractivity contribution in [1.29, 1.82) is 0 Å². The minimum absolute atomic E-state index is 0.0184. The Labute approximate surface area is 161 Å². The maximum Gasteiger partial charge on any atom is 0.256 e. The van der Waals surface area contributed by atoms with E-state index in [9.17, 15) is 4.79 Å². The molecule has 0 radical (unpaired) electrons. The number of para-hydroxylation sites is 1. The van der Waals surface area contributed by atoms with Crippen LogP contribution in [0.1, 0.15) is 24.2 Å². The number of aromatic amines is 1. The lowest BCUT2D eigenvalue weighted by Gasteiger charge is -2.34. The summed E-state index contributed by atoms with van der Waals surface area (Å²) in [5, 5.41) is 2.38. The Morgan fingerprint density at radius 1 is 1.15 bits per heavy atom. The first kappa shape index (κ1) is 15.9. The van der Waals surface area contributed by atoms with E-state index in [2.05, 4.69) is 28.9 Å². The van der Waals surface area contributed by atoms with E-state index in [1.165, 1.54) is 10.9 Å². The van der Waals surface area contributed by atoms with E-state index in [1.54, 1.807) is 17.0 Å². The van der Waals surface area contributed by atoms with Gasteiger partial charge in [-0.1, -0.05) is 29.8 Å². The van der Waals surface area contributed by atoms with Crippen LogP contribution in [0.25, 0.3) is 10.9 Å². The number of amides is 1. The predicted octanol–water partition coefficient (Wildman–Crippen LogP) is 4.44. The number of rotatable bonds is 1. The van der Waals surface area contributed by atoms with Crippen LogP contribution >= 0.6 is 23.8 Å². The molecular formula is C20H16ClN3OS. The Bertz CT molecular complexity index is 1060. The molecule has 130 valence electrons. The number of carbonyl (C=O) groups is 1. The maximum atomic E-state index is 13.2. The minimum Gasteiger partial charge on any atom is -0.356 e. The number of fused-ring (bicyclic) bond motifs is 4. The van der Waals surface area contributed by atoms with E-state index in [0.717, 1.165) is 16.9 Å². The molecule has 1 N–H and O–H groups in total. The summed E-state index contributed by atoms with van der Waals surface area (Å²) in [4.78, 5) is 20.4. The quantitative estimate of drug-likeness (QED) is 0.633. The Morgan fingerprint density at radius 2 is 1.88 bits per heavy atom. The zero-order chi connectivity index (χ0) is 18.0. The van der Waals surface area contributed by atoms with Crippen molar-refractivity contribution < 1.29 is 4.79 Å². The number of carbonyl (C=O) groups excluding carboxylic acids is 1. The van der Waals surface area contributed by atoms with Gasteiger partial charge in [0, 0.05) is 28.0 Å². The van der Waals surface area contributed by atoms with Crippen molar-refractivity contribution in [1.82, 2.24) is 9.88 Å². The standard InChI is InChI=1S/C20H16ClN3OS/c1-11-18-15(14-4-2-3-5-16(14)22-18)10-17-19(25)24(20(26)23(11)17)13-8-6-12(21)7-9-13/h2-9,11,17,22H,10H2,1H3/t11-,17+/m1/s1. The summed E-state index contributed by atoms with van der Waals surface area (Å²) in [5.74, 6) is 0.0279. The molecule has 0 bridgehead atoms. The third-order valence-electron chi connectivity index (χ3n) is 5.42. The molecule has 6 heteroatoms. The molecule has 0 spiro atoms. The molecule has 1 aromatic heterocycles. The lowest BCUT2D eigenvalue weighted by atomic mass is 9.93. The average Bonchev–Trinajstić information content (AvgIpc) is 3.13. The van der Waals surface area contributed by atoms with Gasteiger partial charge in [-0.2, -0.15) is 0 Å². The number of hydrogen-bond donors (Lipinski definition) is 1. The second-order valence-corrected chi connectivity index (χ2v) is 7.60. The van der Waals surface area contributed by atoms with Crippen LogP contribution in [0.4, 0.5) is 5.69 Å². The van der Waals surface area contributed by atoms with Crippen molar-refractivity contribution in [2.45, 2.75) is 25.4 Å². The molecule has 0 aliphatic carbocycles. The number of hydrogen-bond acceptors (Lipinski definition) is 2. The highest BCUT2D eigenvalue weighted by molar-refractivity contribution is 7.80. The van der Waals surface area contributed by atoms with Gasteiger partial charge in [0.15, 0.2) is 5.11 Å². The number of halogens is 1. The number of nitrogens with one attached hydrogen (secondary N) is 1. The van der Waals surface area contributed by atoms with Crippen molar-refractivity contribution in [3.8, 4) is 0 Å². The predicted molar refractivity (Wildman–Crippen MR) is 108 cm³/mol. The number of nitrogens with zero attached hydrogens (tertiary/aromatic N) is 2. The molecule has 1 fully saturated rings. The Balaban J connectivity index is 1.60. The average molecular weight is 382 g/mol. The zero-order valence-corrected chi connectivity index (χ0v) is 15.6. The minimum atomic E-state index is -0.264. The SMILES string of the molecule is C[C@@H]1c2[nH]c3ccccc3c2C[C@H]2C(=O)N(c3ccc(Cl)cc3)C(=S)N12. The van der Waals surface area contributed by atoms with Crippen LogP contribution in [-0.2, 0) is 11.2 Å². The number of benzene rings is 2. The van der Waals surface area contributed by atoms with Gasteiger partial charge in [-0.15, -0.1) is 0 Å². The third-order valence-corrected chi connectivity index (χ3v) is 6.06. The Morgan fingerprint density at radius 3 is 2.65 bits per heavy atom. The second-order valence-electron chi connectivity index (χ2n) is 6.80. The summed E-state index contributed by atoms with van der Waals surface area (Å²) in [5.41, 5.74) is 4.25. The molecule has 26 heavy (non-hydrogen) atoms. The van der Waals surface area contributed by atoms with Crippen LogP contribution in [0.5, 0.6) is 0 Å². The fourth-order valence-corrected chi connectivity index (χ4v) is 4.80. The molecule has 0 unspecified atom stereocenters. The van der Waals surface area contributed by atoms with Gasteiger partial charge in [-0.05, 0) is 55.0 Å². The van der Waals surface area contributed by atoms with Gasteiger partial charge >= 0.3 is 0 Å². The van der Waals surface area contributed by atoms with Gasteiger partial charge in [0.25, 0.3) is 5.91 Å². The molecule has 4 nitrogen and oxygen atoms in total. The van der Waals surface area contributed by atoms with E-state index < -0.39 is 0 Å². The first-order valence-corrected chi connectivity index (χ1v) is 9.36. The van der Waals surface area contributed by atoms with Crippen molar-refractivity contribution in [2.75, 3.05) is 4.90 Å². The maximum absolute atomic E-state index is 13.2. The second kappa shape index (κ2) is 5.56. The molecule has 1 saturated heterocycles. The lowest BCUT2D eigenvalue weighted by molar-refractivity contribution is -0.120. The number of H-pyrrole nitrogens is 1. The zero-order valence-electron chi connectivity index (χ0n) is 14.1. The van der Waals surface area contributed by atoms with Gasteiger partial charge in [0.2, 0.25) is 0 Å². The highest BCUT2D eigenvalue weighted by Gasteiger charge is 2.49. The van der Waals surface area contributed by atoms with Crippen LogP contribution in [0, 0.1) is 0 Å². The molecule has 2 atom stereocenters. The summed E-state index contributed by atoms with van der Waals surface area (Å²) in [7, 11) is 0. The van der Waals surface area contributed by atoms with E-state index in [0.29, 0.717) is 16.6 Å². The van der Waals surface area contributed by atoms with Crippen LogP contribution in [0.2, 0.25) is 5.02 Å². The highest BCUT2D eigenvalue weighted by atomic mass is 35.5. The monoisotopic (exact) mass is 381 g/mol. The summed E-state index contributed by atoms with van der Waals surface area (Å²) >= 11 is 11.7. The van der Waals surface area contributed by atoms with Crippen molar-refractivity contribution in [3.63, 3.8) is 0 Å². The fraction of sp³-hybridized carbons (Fsp3) is 0.200. The van der Waals surface area contributed by atoms with Crippen LogP contribution in [0.15, 0.2) is 48.5 Å². The molecule has 2 aliphatic rings. The van der Waals surface area contributed by atoms with Crippen molar-refractivity contribution in [2.24, 2.45) is 0 Å². The number of anilines is 1. The smallest absolute Gasteiger partial charge is 0.256 e.